The second kappa shape index (κ2) is 10.4. The van der Waals surface area contributed by atoms with Crippen LogP contribution in [0.5, 0.6) is 11.5 Å². The van der Waals surface area contributed by atoms with Crippen LogP contribution in [-0.4, -0.2) is 47.4 Å². The minimum atomic E-state index is -3.74. The number of hydrogen-bond acceptors (Lipinski definition) is 5. The van der Waals surface area contributed by atoms with E-state index in [0.29, 0.717) is 16.5 Å². The van der Waals surface area contributed by atoms with Crippen molar-refractivity contribution in [2.75, 3.05) is 37.4 Å². The van der Waals surface area contributed by atoms with Crippen LogP contribution in [-0.2, 0) is 21.2 Å². The SMILES string of the molecule is CCc1ccc(OCCNC(=O)CN(c2cc(Cl)ccc2OC)S(C)(=O)=O)cc1. The molecular formula is C20H25ClN2O5S. The summed E-state index contributed by atoms with van der Waals surface area (Å²) in [7, 11) is -2.33. The number of halogens is 1. The van der Waals surface area contributed by atoms with Crippen molar-refractivity contribution in [1.82, 2.24) is 5.32 Å². The van der Waals surface area contributed by atoms with Crippen LogP contribution in [0.1, 0.15) is 12.5 Å². The Morgan fingerprint density at radius 2 is 1.86 bits per heavy atom. The molecule has 0 aliphatic heterocycles. The van der Waals surface area contributed by atoms with Gasteiger partial charge in [-0.15, -0.1) is 0 Å². The molecule has 1 amide bonds. The topological polar surface area (TPSA) is 84.9 Å². The zero-order valence-corrected chi connectivity index (χ0v) is 18.2. The van der Waals surface area contributed by atoms with Gasteiger partial charge in [-0.2, -0.15) is 0 Å². The van der Waals surface area contributed by atoms with E-state index in [4.69, 9.17) is 21.1 Å². The maximum atomic E-state index is 12.3. The van der Waals surface area contributed by atoms with Crippen LogP contribution in [0.25, 0.3) is 0 Å². The highest BCUT2D eigenvalue weighted by atomic mass is 35.5. The molecule has 0 aliphatic carbocycles. The number of anilines is 1. The van der Waals surface area contributed by atoms with Crippen molar-refractivity contribution in [2.45, 2.75) is 13.3 Å². The molecule has 2 aromatic rings. The molecular weight excluding hydrogens is 416 g/mol. The van der Waals surface area contributed by atoms with Gasteiger partial charge in [0.05, 0.1) is 25.6 Å². The summed E-state index contributed by atoms with van der Waals surface area (Å²) in [6, 6.07) is 12.3. The first-order valence-electron chi connectivity index (χ1n) is 9.04. The minimum absolute atomic E-state index is 0.199. The van der Waals surface area contributed by atoms with Gasteiger partial charge in [0.2, 0.25) is 15.9 Å². The number of nitrogens with zero attached hydrogens (tertiary/aromatic N) is 1. The lowest BCUT2D eigenvalue weighted by molar-refractivity contribution is -0.119. The molecule has 2 aromatic carbocycles. The third-order valence-electron chi connectivity index (χ3n) is 4.12. The summed E-state index contributed by atoms with van der Waals surface area (Å²) in [6.45, 7) is 2.17. The zero-order valence-electron chi connectivity index (χ0n) is 16.6. The van der Waals surface area contributed by atoms with Gasteiger partial charge in [-0.1, -0.05) is 30.7 Å². The van der Waals surface area contributed by atoms with Crippen molar-refractivity contribution in [3.8, 4) is 11.5 Å². The predicted octanol–water partition coefficient (Wildman–Crippen LogP) is 2.87. The van der Waals surface area contributed by atoms with Gasteiger partial charge in [-0.25, -0.2) is 8.42 Å². The third-order valence-corrected chi connectivity index (χ3v) is 5.48. The number of methoxy groups -OCH3 is 1. The van der Waals surface area contributed by atoms with Crippen molar-refractivity contribution >= 4 is 33.2 Å². The smallest absolute Gasteiger partial charge is 0.240 e. The largest absolute Gasteiger partial charge is 0.495 e. The fraction of sp³-hybridized carbons (Fsp3) is 0.350. The average molecular weight is 441 g/mol. The number of sulfonamides is 1. The summed E-state index contributed by atoms with van der Waals surface area (Å²) < 4.78 is 36.2. The summed E-state index contributed by atoms with van der Waals surface area (Å²) >= 11 is 5.99. The van der Waals surface area contributed by atoms with Crippen LogP contribution in [0.2, 0.25) is 5.02 Å². The van der Waals surface area contributed by atoms with Crippen molar-refractivity contribution in [3.63, 3.8) is 0 Å². The number of ether oxygens (including phenoxy) is 2. The van der Waals surface area contributed by atoms with E-state index in [0.717, 1.165) is 17.0 Å². The van der Waals surface area contributed by atoms with Crippen molar-refractivity contribution in [1.29, 1.82) is 0 Å². The van der Waals surface area contributed by atoms with Gasteiger partial charge in [0.15, 0.2) is 0 Å². The van der Waals surface area contributed by atoms with Gasteiger partial charge in [-0.3, -0.25) is 9.10 Å². The van der Waals surface area contributed by atoms with Gasteiger partial charge in [0.25, 0.3) is 0 Å². The van der Waals surface area contributed by atoms with Crippen LogP contribution in [0, 0.1) is 0 Å². The highest BCUT2D eigenvalue weighted by Gasteiger charge is 2.24. The lowest BCUT2D eigenvalue weighted by atomic mass is 10.2. The first-order valence-corrected chi connectivity index (χ1v) is 11.3. The van der Waals surface area contributed by atoms with Crippen LogP contribution in [0.3, 0.4) is 0 Å². The summed E-state index contributed by atoms with van der Waals surface area (Å²) in [6.07, 6.45) is 1.97. The minimum Gasteiger partial charge on any atom is -0.495 e. The van der Waals surface area contributed by atoms with Crippen LogP contribution in [0.15, 0.2) is 42.5 Å². The molecule has 0 atom stereocenters. The van der Waals surface area contributed by atoms with Crippen LogP contribution in [0.4, 0.5) is 5.69 Å². The summed E-state index contributed by atoms with van der Waals surface area (Å²) in [5.41, 5.74) is 1.41. The highest BCUT2D eigenvalue weighted by Crippen LogP contribution is 2.32. The molecule has 2 rings (SSSR count). The fourth-order valence-electron chi connectivity index (χ4n) is 2.61. The second-order valence-electron chi connectivity index (χ2n) is 6.28. The average Bonchev–Trinajstić information content (AvgIpc) is 2.69. The Kier molecular flexibility index (Phi) is 8.16. The van der Waals surface area contributed by atoms with Gasteiger partial charge >= 0.3 is 0 Å². The normalized spacial score (nSPS) is 11.0. The number of carbonyl (C=O) groups excluding carboxylic acids is 1. The molecule has 9 heteroatoms. The Morgan fingerprint density at radius 3 is 2.45 bits per heavy atom. The summed E-state index contributed by atoms with van der Waals surface area (Å²) in [5, 5.41) is 2.99. The Bertz CT molecular complexity index is 932. The molecule has 0 saturated heterocycles. The molecule has 1 N–H and O–H groups in total. The van der Waals surface area contributed by atoms with Crippen LogP contribution < -0.4 is 19.1 Å². The second-order valence-corrected chi connectivity index (χ2v) is 8.62. The number of rotatable bonds is 10. The van der Waals surface area contributed by atoms with E-state index in [-0.39, 0.29) is 18.8 Å². The van der Waals surface area contributed by atoms with Gasteiger partial charge in [0, 0.05) is 5.02 Å². The van der Waals surface area contributed by atoms with E-state index in [1.165, 1.54) is 18.7 Å². The standard InChI is InChI=1S/C20H25ClN2O5S/c1-4-15-5-8-17(9-6-15)28-12-11-22-20(24)14-23(29(3,25)26)18-13-16(21)7-10-19(18)27-2/h5-10,13H,4,11-12,14H2,1-3H3,(H,22,24). The van der Waals surface area contributed by atoms with Gasteiger partial charge < -0.3 is 14.8 Å². The van der Waals surface area contributed by atoms with Crippen molar-refractivity contribution in [2.24, 2.45) is 0 Å². The first-order chi connectivity index (χ1) is 13.7. The van der Waals surface area contributed by atoms with Crippen molar-refractivity contribution in [3.05, 3.63) is 53.1 Å². The maximum absolute atomic E-state index is 12.3. The third kappa shape index (κ3) is 6.83. The Labute approximate surface area is 176 Å². The highest BCUT2D eigenvalue weighted by molar-refractivity contribution is 7.92. The molecule has 0 heterocycles. The quantitative estimate of drug-likeness (QED) is 0.574. The van der Waals surface area contributed by atoms with E-state index in [1.54, 1.807) is 12.1 Å². The zero-order chi connectivity index (χ0) is 21.4. The van der Waals surface area contributed by atoms with Gasteiger partial charge in [-0.05, 0) is 42.3 Å². The maximum Gasteiger partial charge on any atom is 0.240 e. The first kappa shape index (κ1) is 22.8. The molecule has 0 fully saturated rings. The molecule has 29 heavy (non-hydrogen) atoms. The summed E-state index contributed by atoms with van der Waals surface area (Å²) in [4.78, 5) is 12.3. The molecule has 0 spiro atoms. The molecule has 0 unspecified atom stereocenters. The Hall–Kier alpha value is -2.45. The van der Waals surface area contributed by atoms with Crippen LogP contribution >= 0.6 is 11.6 Å². The fourth-order valence-corrected chi connectivity index (χ4v) is 3.62. The van der Waals surface area contributed by atoms with E-state index in [9.17, 15) is 13.2 Å². The molecule has 0 bridgehead atoms. The monoisotopic (exact) mass is 440 g/mol. The molecule has 158 valence electrons. The number of hydrogen-bond donors (Lipinski definition) is 1. The number of benzene rings is 2. The number of carbonyl (C=O) groups is 1. The van der Waals surface area contributed by atoms with Gasteiger partial charge in [0.1, 0.15) is 24.7 Å². The predicted molar refractivity (Wildman–Crippen MR) is 115 cm³/mol. The lowest BCUT2D eigenvalue weighted by Crippen LogP contribution is -2.41. The van der Waals surface area contributed by atoms with Crippen molar-refractivity contribution < 1.29 is 22.7 Å². The molecule has 0 saturated carbocycles. The number of amides is 1. The Balaban J connectivity index is 1.96. The molecule has 0 aliphatic rings. The molecule has 0 aromatic heterocycles. The van der Waals surface area contributed by atoms with E-state index >= 15 is 0 Å². The number of aryl methyl sites for hydroxylation is 1. The van der Waals surface area contributed by atoms with E-state index in [1.807, 2.05) is 24.3 Å². The lowest BCUT2D eigenvalue weighted by Gasteiger charge is -2.24. The van der Waals surface area contributed by atoms with E-state index < -0.39 is 22.5 Å². The summed E-state index contributed by atoms with van der Waals surface area (Å²) in [5.74, 6) is 0.534. The molecule has 7 nitrogen and oxygen atoms in total. The molecule has 0 radical (unpaired) electrons. The number of nitrogens with one attached hydrogen (secondary N) is 1. The Morgan fingerprint density at radius 1 is 1.17 bits per heavy atom. The van der Waals surface area contributed by atoms with E-state index in [2.05, 4.69) is 12.2 Å².